The Morgan fingerprint density at radius 1 is 0.885 bits per heavy atom. The van der Waals surface area contributed by atoms with Gasteiger partial charge in [-0.2, -0.15) is 13.2 Å². The minimum Gasteiger partial charge on any atom is -0.325 e. The molecule has 1 saturated carbocycles. The van der Waals surface area contributed by atoms with Crippen molar-refractivity contribution < 1.29 is 27.2 Å². The van der Waals surface area contributed by atoms with Crippen LogP contribution < -0.4 is 10.6 Å². The molecule has 0 aromatic heterocycles. The average molecular weight is 366 g/mol. The zero-order chi connectivity index (χ0) is 18.9. The highest BCUT2D eigenvalue weighted by Gasteiger charge is 2.56. The van der Waals surface area contributed by atoms with Gasteiger partial charge in [-0.15, -0.1) is 0 Å². The summed E-state index contributed by atoms with van der Waals surface area (Å²) in [6.07, 6.45) is -4.18. The van der Waals surface area contributed by atoms with Gasteiger partial charge in [0, 0.05) is 5.69 Å². The molecule has 0 spiro atoms. The van der Waals surface area contributed by atoms with Crippen LogP contribution >= 0.6 is 0 Å². The van der Waals surface area contributed by atoms with E-state index < -0.39 is 40.5 Å². The van der Waals surface area contributed by atoms with Crippen molar-refractivity contribution in [1.29, 1.82) is 0 Å². The molecule has 0 atom stereocenters. The number of para-hydroxylation sites is 1. The second kappa shape index (κ2) is 6.44. The van der Waals surface area contributed by atoms with Gasteiger partial charge in [0.15, 0.2) is 0 Å². The third-order valence-electron chi connectivity index (χ3n) is 4.20. The summed E-state index contributed by atoms with van der Waals surface area (Å²) in [5.41, 5.74) is -2.51. The van der Waals surface area contributed by atoms with Crippen LogP contribution in [0.25, 0.3) is 0 Å². The van der Waals surface area contributed by atoms with Crippen LogP contribution in [0.1, 0.15) is 18.4 Å². The van der Waals surface area contributed by atoms with Crippen molar-refractivity contribution in [2.24, 2.45) is 5.41 Å². The number of alkyl halides is 3. The van der Waals surface area contributed by atoms with Gasteiger partial charge in [-0.1, -0.05) is 12.1 Å². The lowest BCUT2D eigenvalue weighted by Crippen LogP contribution is -2.36. The molecule has 0 unspecified atom stereocenters. The number of nitrogens with one attached hydrogen (secondary N) is 2. The summed E-state index contributed by atoms with van der Waals surface area (Å²) in [5.74, 6) is -1.91. The molecule has 8 heteroatoms. The van der Waals surface area contributed by atoms with E-state index in [0.717, 1.165) is 24.3 Å². The molecule has 0 aliphatic heterocycles. The number of rotatable bonds is 4. The maximum absolute atomic E-state index is 13.0. The summed E-state index contributed by atoms with van der Waals surface area (Å²) < 4.78 is 52.0. The van der Waals surface area contributed by atoms with E-state index in [1.807, 2.05) is 0 Å². The third-order valence-corrected chi connectivity index (χ3v) is 4.20. The zero-order valence-electron chi connectivity index (χ0n) is 13.4. The number of hydrogen-bond acceptors (Lipinski definition) is 2. The van der Waals surface area contributed by atoms with Crippen molar-refractivity contribution in [3.8, 4) is 0 Å². The molecule has 1 fully saturated rings. The van der Waals surface area contributed by atoms with E-state index in [2.05, 4.69) is 10.6 Å². The number of hydrogen-bond donors (Lipinski definition) is 2. The second-order valence-electron chi connectivity index (χ2n) is 6.04. The Balaban J connectivity index is 1.76. The molecule has 0 radical (unpaired) electrons. The highest BCUT2D eigenvalue weighted by Crippen LogP contribution is 2.48. The van der Waals surface area contributed by atoms with Crippen LogP contribution in [0, 0.1) is 11.2 Å². The number of carbonyl (C=O) groups is 2. The van der Waals surface area contributed by atoms with Crippen LogP contribution in [-0.4, -0.2) is 11.8 Å². The maximum atomic E-state index is 13.0. The molecule has 1 aliphatic carbocycles. The van der Waals surface area contributed by atoms with E-state index >= 15 is 0 Å². The Morgan fingerprint density at radius 2 is 1.46 bits per heavy atom. The van der Waals surface area contributed by atoms with Crippen molar-refractivity contribution in [3.05, 3.63) is 59.9 Å². The van der Waals surface area contributed by atoms with Gasteiger partial charge in [-0.05, 0) is 49.2 Å². The lowest BCUT2D eigenvalue weighted by atomic mass is 10.0. The van der Waals surface area contributed by atoms with Crippen LogP contribution in [0.2, 0.25) is 0 Å². The van der Waals surface area contributed by atoms with Gasteiger partial charge >= 0.3 is 6.18 Å². The predicted octanol–water partition coefficient (Wildman–Crippen LogP) is 4.20. The van der Waals surface area contributed by atoms with Crippen LogP contribution in [0.15, 0.2) is 48.5 Å². The maximum Gasteiger partial charge on any atom is 0.418 e. The summed E-state index contributed by atoms with van der Waals surface area (Å²) in [6.45, 7) is 0. The van der Waals surface area contributed by atoms with Gasteiger partial charge < -0.3 is 10.6 Å². The summed E-state index contributed by atoms with van der Waals surface area (Å²) in [7, 11) is 0. The van der Waals surface area contributed by atoms with Gasteiger partial charge in [-0.3, -0.25) is 9.59 Å². The highest BCUT2D eigenvalue weighted by atomic mass is 19.4. The van der Waals surface area contributed by atoms with E-state index in [4.69, 9.17) is 0 Å². The minimum absolute atomic E-state index is 0.222. The first-order valence-electron chi connectivity index (χ1n) is 7.77. The van der Waals surface area contributed by atoms with E-state index in [0.29, 0.717) is 5.69 Å². The second-order valence-corrected chi connectivity index (χ2v) is 6.04. The van der Waals surface area contributed by atoms with E-state index in [1.54, 1.807) is 0 Å². The predicted molar refractivity (Wildman–Crippen MR) is 86.8 cm³/mol. The lowest BCUT2D eigenvalue weighted by molar-refractivity contribution is -0.137. The Morgan fingerprint density at radius 3 is 2.04 bits per heavy atom. The fourth-order valence-electron chi connectivity index (χ4n) is 2.55. The van der Waals surface area contributed by atoms with Crippen molar-refractivity contribution in [2.45, 2.75) is 19.0 Å². The van der Waals surface area contributed by atoms with Crippen molar-refractivity contribution >= 4 is 23.2 Å². The SMILES string of the molecule is O=C(Nc1ccc(F)cc1)C1(C(=O)Nc2ccccc2C(F)(F)F)CC1. The van der Waals surface area contributed by atoms with E-state index in [9.17, 15) is 27.2 Å². The van der Waals surface area contributed by atoms with Crippen LogP contribution in [0.4, 0.5) is 28.9 Å². The molecule has 3 rings (SSSR count). The first-order chi connectivity index (χ1) is 12.2. The number of benzene rings is 2. The van der Waals surface area contributed by atoms with E-state index in [-0.39, 0.29) is 12.8 Å². The van der Waals surface area contributed by atoms with Crippen LogP contribution in [-0.2, 0) is 15.8 Å². The van der Waals surface area contributed by atoms with Gasteiger partial charge in [0.1, 0.15) is 11.2 Å². The van der Waals surface area contributed by atoms with Crippen LogP contribution in [0.5, 0.6) is 0 Å². The first kappa shape index (κ1) is 17.9. The minimum atomic E-state index is -4.63. The molecular formula is C18H14F4N2O2. The van der Waals surface area contributed by atoms with Gasteiger partial charge in [0.2, 0.25) is 11.8 Å². The quantitative estimate of drug-likeness (QED) is 0.629. The molecule has 0 heterocycles. The molecule has 0 bridgehead atoms. The molecule has 1 aliphatic rings. The number of anilines is 2. The molecule has 26 heavy (non-hydrogen) atoms. The Labute approximate surface area is 146 Å². The molecule has 2 aromatic carbocycles. The number of carbonyl (C=O) groups excluding carboxylic acids is 2. The van der Waals surface area contributed by atoms with Crippen LogP contribution in [0.3, 0.4) is 0 Å². The number of halogens is 4. The first-order valence-corrected chi connectivity index (χ1v) is 7.77. The lowest BCUT2D eigenvalue weighted by Gasteiger charge is -2.18. The summed E-state index contributed by atoms with van der Waals surface area (Å²) in [6, 6.07) is 9.53. The molecule has 2 amide bonds. The zero-order valence-corrected chi connectivity index (χ0v) is 13.4. The third kappa shape index (κ3) is 3.54. The largest absolute Gasteiger partial charge is 0.418 e. The molecule has 136 valence electrons. The van der Waals surface area contributed by atoms with Crippen molar-refractivity contribution in [2.75, 3.05) is 10.6 Å². The Hall–Kier alpha value is -2.90. The highest BCUT2D eigenvalue weighted by molar-refractivity contribution is 6.17. The number of amides is 2. The summed E-state index contributed by atoms with van der Waals surface area (Å²) in [4.78, 5) is 24.9. The van der Waals surface area contributed by atoms with Gasteiger partial charge in [0.05, 0.1) is 11.3 Å². The molecule has 2 aromatic rings. The standard InChI is InChI=1S/C18H14F4N2O2/c19-11-5-7-12(8-6-11)23-15(25)17(9-10-17)16(26)24-14-4-2-1-3-13(14)18(20,21)22/h1-8H,9-10H2,(H,23,25)(H,24,26). The monoisotopic (exact) mass is 366 g/mol. The summed E-state index contributed by atoms with van der Waals surface area (Å²) in [5, 5.41) is 4.71. The Kier molecular flexibility index (Phi) is 4.43. The van der Waals surface area contributed by atoms with Gasteiger partial charge in [0.25, 0.3) is 0 Å². The summed E-state index contributed by atoms with van der Waals surface area (Å²) >= 11 is 0. The topological polar surface area (TPSA) is 58.2 Å². The molecule has 4 nitrogen and oxygen atoms in total. The fourth-order valence-corrected chi connectivity index (χ4v) is 2.55. The molecule has 0 saturated heterocycles. The Bertz CT molecular complexity index is 843. The van der Waals surface area contributed by atoms with Crippen molar-refractivity contribution in [1.82, 2.24) is 0 Å². The fraction of sp³-hybridized carbons (Fsp3) is 0.222. The smallest absolute Gasteiger partial charge is 0.325 e. The normalized spacial score (nSPS) is 15.2. The van der Waals surface area contributed by atoms with Crippen molar-refractivity contribution in [3.63, 3.8) is 0 Å². The van der Waals surface area contributed by atoms with E-state index in [1.165, 1.54) is 24.3 Å². The average Bonchev–Trinajstić information content (AvgIpc) is 3.38. The van der Waals surface area contributed by atoms with Gasteiger partial charge in [-0.25, -0.2) is 4.39 Å². The molecule has 2 N–H and O–H groups in total. The molecular weight excluding hydrogens is 352 g/mol.